The van der Waals surface area contributed by atoms with Crippen molar-refractivity contribution in [3.05, 3.63) is 60.2 Å². The summed E-state index contributed by atoms with van der Waals surface area (Å²) in [6, 6.07) is 5.46. The molecule has 0 aliphatic heterocycles. The maximum atomic E-state index is 9.37. The summed E-state index contributed by atoms with van der Waals surface area (Å²) in [6.07, 6.45) is 9.64. The molecule has 1 aliphatic rings. The number of benzene rings is 1. The van der Waals surface area contributed by atoms with E-state index in [1.807, 2.05) is 30.4 Å². The van der Waals surface area contributed by atoms with Crippen LogP contribution in [0.25, 0.3) is 0 Å². The smallest absolute Gasteiger partial charge is 0.160 e. The molecule has 0 aromatic heterocycles. The SMILES string of the molecule is C=CCC1=CC(OC)C(O)C=C1.CCCc1ccc(O)c(OC)c1. The third-order valence-corrected chi connectivity index (χ3v) is 3.66. The largest absolute Gasteiger partial charge is 0.504 e. The van der Waals surface area contributed by atoms with E-state index in [4.69, 9.17) is 9.47 Å². The van der Waals surface area contributed by atoms with E-state index >= 15 is 0 Å². The molecule has 0 heterocycles. The van der Waals surface area contributed by atoms with Crippen LogP contribution in [0.2, 0.25) is 0 Å². The summed E-state index contributed by atoms with van der Waals surface area (Å²) >= 11 is 0. The number of phenols is 1. The molecule has 0 fully saturated rings. The molecule has 2 rings (SSSR count). The number of rotatable bonds is 6. The molecule has 0 saturated heterocycles. The van der Waals surface area contributed by atoms with Gasteiger partial charge in [-0.3, -0.25) is 0 Å². The van der Waals surface area contributed by atoms with E-state index in [9.17, 15) is 10.2 Å². The summed E-state index contributed by atoms with van der Waals surface area (Å²) in [5, 5.41) is 18.7. The van der Waals surface area contributed by atoms with Crippen LogP contribution in [0.5, 0.6) is 11.5 Å². The first-order valence-electron chi connectivity index (χ1n) is 8.12. The Morgan fingerprint density at radius 2 is 2.04 bits per heavy atom. The molecule has 4 nitrogen and oxygen atoms in total. The summed E-state index contributed by atoms with van der Waals surface area (Å²) < 4.78 is 10.0. The minimum absolute atomic E-state index is 0.204. The second-order valence-corrected chi connectivity index (χ2v) is 5.54. The molecule has 0 bridgehead atoms. The van der Waals surface area contributed by atoms with Gasteiger partial charge in [0.25, 0.3) is 0 Å². The van der Waals surface area contributed by atoms with Crippen LogP contribution < -0.4 is 4.74 Å². The van der Waals surface area contributed by atoms with Crippen LogP contribution in [-0.4, -0.2) is 36.6 Å². The van der Waals surface area contributed by atoms with E-state index in [1.165, 1.54) is 5.56 Å². The van der Waals surface area contributed by atoms with Crippen molar-refractivity contribution in [3.8, 4) is 11.5 Å². The second-order valence-electron chi connectivity index (χ2n) is 5.54. The third kappa shape index (κ3) is 6.22. The van der Waals surface area contributed by atoms with Crippen molar-refractivity contribution in [3.63, 3.8) is 0 Å². The number of hydrogen-bond donors (Lipinski definition) is 2. The Kier molecular flexibility index (Phi) is 8.90. The Morgan fingerprint density at radius 3 is 2.62 bits per heavy atom. The van der Waals surface area contributed by atoms with E-state index < -0.39 is 6.10 Å². The van der Waals surface area contributed by atoms with Gasteiger partial charge in [0.2, 0.25) is 0 Å². The molecular weight excluding hydrogens is 304 g/mol. The van der Waals surface area contributed by atoms with Crippen molar-refractivity contribution in [2.75, 3.05) is 14.2 Å². The molecule has 0 saturated carbocycles. The van der Waals surface area contributed by atoms with Crippen LogP contribution in [0, 0.1) is 0 Å². The van der Waals surface area contributed by atoms with Gasteiger partial charge in [0.15, 0.2) is 11.5 Å². The molecule has 1 aromatic rings. The van der Waals surface area contributed by atoms with Gasteiger partial charge in [-0.1, -0.05) is 37.6 Å². The fourth-order valence-electron chi connectivity index (χ4n) is 2.37. The van der Waals surface area contributed by atoms with Crippen LogP contribution in [0.3, 0.4) is 0 Å². The highest BCUT2D eigenvalue weighted by Gasteiger charge is 2.16. The van der Waals surface area contributed by atoms with Crippen molar-refractivity contribution in [1.29, 1.82) is 0 Å². The predicted octanol–water partition coefficient (Wildman–Crippen LogP) is 3.79. The molecule has 2 unspecified atom stereocenters. The molecule has 0 radical (unpaired) electrons. The lowest BCUT2D eigenvalue weighted by Crippen LogP contribution is -2.26. The van der Waals surface area contributed by atoms with E-state index in [0.29, 0.717) is 5.75 Å². The molecule has 1 aromatic carbocycles. The van der Waals surface area contributed by atoms with Gasteiger partial charge < -0.3 is 19.7 Å². The first-order valence-corrected chi connectivity index (χ1v) is 8.12. The number of ether oxygens (including phenoxy) is 2. The number of aryl methyl sites for hydroxylation is 1. The monoisotopic (exact) mass is 332 g/mol. The maximum Gasteiger partial charge on any atom is 0.160 e. The third-order valence-electron chi connectivity index (χ3n) is 3.66. The fourth-order valence-corrected chi connectivity index (χ4v) is 2.37. The van der Waals surface area contributed by atoms with Crippen LogP contribution >= 0.6 is 0 Å². The minimum atomic E-state index is -0.511. The predicted molar refractivity (Wildman–Crippen MR) is 97.5 cm³/mol. The number of phenolic OH excluding ortho intramolecular Hbond substituents is 1. The van der Waals surface area contributed by atoms with Gasteiger partial charge in [0, 0.05) is 7.11 Å². The van der Waals surface area contributed by atoms with Crippen molar-refractivity contribution in [1.82, 2.24) is 0 Å². The lowest BCUT2D eigenvalue weighted by atomic mass is 10.0. The summed E-state index contributed by atoms with van der Waals surface area (Å²) in [5.41, 5.74) is 2.34. The summed E-state index contributed by atoms with van der Waals surface area (Å²) in [6.45, 7) is 5.77. The molecule has 0 amide bonds. The molecule has 1 aliphatic carbocycles. The fraction of sp³-hybridized carbons (Fsp3) is 0.400. The van der Waals surface area contributed by atoms with Crippen molar-refractivity contribution >= 4 is 0 Å². The average Bonchev–Trinajstić information content (AvgIpc) is 2.59. The van der Waals surface area contributed by atoms with Gasteiger partial charge in [-0.15, -0.1) is 6.58 Å². The molecular formula is C20H28O4. The molecule has 2 N–H and O–H groups in total. The van der Waals surface area contributed by atoms with E-state index in [1.54, 1.807) is 26.4 Å². The number of methoxy groups -OCH3 is 2. The first kappa shape index (κ1) is 20.0. The zero-order chi connectivity index (χ0) is 17.9. The summed E-state index contributed by atoms with van der Waals surface area (Å²) in [5.74, 6) is 0.762. The quantitative estimate of drug-likeness (QED) is 0.778. The zero-order valence-electron chi connectivity index (χ0n) is 14.7. The normalized spacial score (nSPS) is 19.1. The molecule has 24 heavy (non-hydrogen) atoms. The number of hydrogen-bond acceptors (Lipinski definition) is 4. The molecule has 4 heteroatoms. The Morgan fingerprint density at radius 1 is 1.29 bits per heavy atom. The van der Waals surface area contributed by atoms with Crippen molar-refractivity contribution in [2.45, 2.75) is 38.4 Å². The van der Waals surface area contributed by atoms with Gasteiger partial charge in [-0.2, -0.15) is 0 Å². The Balaban J connectivity index is 0.000000240. The topological polar surface area (TPSA) is 58.9 Å². The highest BCUT2D eigenvalue weighted by atomic mass is 16.5. The average molecular weight is 332 g/mol. The number of aliphatic hydroxyl groups is 1. The highest BCUT2D eigenvalue weighted by molar-refractivity contribution is 5.41. The number of aromatic hydroxyl groups is 1. The van der Waals surface area contributed by atoms with Gasteiger partial charge in [-0.05, 0) is 42.2 Å². The van der Waals surface area contributed by atoms with E-state index in [0.717, 1.165) is 24.8 Å². The minimum Gasteiger partial charge on any atom is -0.504 e. The van der Waals surface area contributed by atoms with Crippen molar-refractivity contribution < 1.29 is 19.7 Å². The van der Waals surface area contributed by atoms with E-state index in [2.05, 4.69) is 13.5 Å². The Labute approximate surface area is 144 Å². The Bertz CT molecular complexity index is 575. The standard InChI is InChI=1S/2C10H14O2/c2*1-3-4-8-5-6-9(11)10(7-8)12-2/h5-7,11H,3-4H2,1-2H3;3,5-7,9-11H,1,4H2,2H3. The lowest BCUT2D eigenvalue weighted by molar-refractivity contribution is 0.0409. The second kappa shape index (κ2) is 10.7. The van der Waals surface area contributed by atoms with Gasteiger partial charge in [0.1, 0.15) is 12.2 Å². The van der Waals surface area contributed by atoms with Gasteiger partial charge in [-0.25, -0.2) is 0 Å². The van der Waals surface area contributed by atoms with Gasteiger partial charge >= 0.3 is 0 Å². The maximum absolute atomic E-state index is 9.37. The molecule has 0 spiro atoms. The summed E-state index contributed by atoms with van der Waals surface area (Å²) in [4.78, 5) is 0. The van der Waals surface area contributed by atoms with Crippen LogP contribution in [0.1, 0.15) is 25.3 Å². The van der Waals surface area contributed by atoms with Crippen LogP contribution in [0.15, 0.2) is 54.7 Å². The zero-order valence-corrected chi connectivity index (χ0v) is 14.7. The lowest BCUT2D eigenvalue weighted by Gasteiger charge is -2.20. The summed E-state index contributed by atoms with van der Waals surface area (Å²) in [7, 11) is 3.15. The van der Waals surface area contributed by atoms with E-state index in [-0.39, 0.29) is 11.9 Å². The molecule has 2 atom stereocenters. The first-order chi connectivity index (χ1) is 11.5. The molecule has 132 valence electrons. The highest BCUT2D eigenvalue weighted by Crippen LogP contribution is 2.26. The van der Waals surface area contributed by atoms with Crippen LogP contribution in [0.4, 0.5) is 0 Å². The Hall–Kier alpha value is -2.04. The van der Waals surface area contributed by atoms with Crippen LogP contribution in [-0.2, 0) is 11.2 Å². The van der Waals surface area contributed by atoms with Gasteiger partial charge in [0.05, 0.1) is 7.11 Å². The number of aliphatic hydroxyl groups excluding tert-OH is 1. The number of allylic oxidation sites excluding steroid dienone is 3. The van der Waals surface area contributed by atoms with Crippen molar-refractivity contribution in [2.24, 2.45) is 0 Å².